The van der Waals surface area contributed by atoms with Gasteiger partial charge in [-0.15, -0.1) is 0 Å². The van der Waals surface area contributed by atoms with E-state index in [1.54, 1.807) is 6.08 Å². The fourth-order valence-electron chi connectivity index (χ4n) is 2.67. The minimum atomic E-state index is -2.16. The summed E-state index contributed by atoms with van der Waals surface area (Å²) in [6.45, 7) is 15.3. The number of allylic oxidation sites excluding steroid dienone is 2. The average molecular weight is 673 g/mol. The quantitative estimate of drug-likeness (QED) is 0.0254. The monoisotopic (exact) mass is 674 g/mol. The summed E-state index contributed by atoms with van der Waals surface area (Å²) in [5.74, 6) is 0.340. The van der Waals surface area contributed by atoms with E-state index in [2.05, 4.69) is 83.9 Å². The number of alkyl halides is 1. The second-order valence-electron chi connectivity index (χ2n) is 10.9. The molecule has 2 atom stereocenters. The normalized spacial score (nSPS) is 15.7. The van der Waals surface area contributed by atoms with Crippen molar-refractivity contribution in [2.75, 3.05) is 24.4 Å². The van der Waals surface area contributed by atoms with Crippen LogP contribution in [-0.4, -0.2) is 63.0 Å². The van der Waals surface area contributed by atoms with Gasteiger partial charge in [-0.2, -0.15) is 0 Å². The molecule has 182 valence electrons. The molecule has 0 N–H and O–H groups in total. The molecule has 1 unspecified atom stereocenters. The minimum absolute atomic E-state index is 0.0102. The first-order valence-corrected chi connectivity index (χ1v) is 26.7. The fraction of sp³-hybridized carbons (Fsp3) is 0.792. The van der Waals surface area contributed by atoms with Crippen LogP contribution >= 0.6 is 22.6 Å². The van der Waals surface area contributed by atoms with E-state index in [1.165, 1.54) is 15.2 Å². The fourth-order valence-corrected chi connectivity index (χ4v) is 5.54. The molecule has 0 fully saturated rings. The first-order chi connectivity index (χ1) is 14.2. The number of carbonyl (C=O) groups excluding carboxylic acids is 1. The van der Waals surface area contributed by atoms with Gasteiger partial charge in [0, 0.05) is 14.7 Å². The summed E-state index contributed by atoms with van der Waals surface area (Å²) >= 11 is 0.159. The van der Waals surface area contributed by atoms with E-state index < -0.39 is 26.5 Å². The van der Waals surface area contributed by atoms with Crippen LogP contribution in [0.3, 0.4) is 0 Å². The van der Waals surface area contributed by atoms with Crippen LogP contribution in [0, 0.1) is 5.92 Å². The molecule has 0 bridgehead atoms. The van der Waals surface area contributed by atoms with Gasteiger partial charge >= 0.3 is 156 Å². The summed E-state index contributed by atoms with van der Waals surface area (Å²) in [6, 6.07) is 1.17. The van der Waals surface area contributed by atoms with Gasteiger partial charge in [0.15, 0.2) is 0 Å². The van der Waals surface area contributed by atoms with Crippen LogP contribution in [0.1, 0.15) is 40.0 Å². The molecule has 0 aliphatic rings. The molecule has 0 aromatic heterocycles. The molecule has 0 aromatic carbocycles. The SMILES string of the molecule is C/[C](=C/C(=O)OC(CI)C[C@H](C)CC/C=C(\C)COCOCC[Si](C)(C)C)[Sn]([CH3])([CH3])[CH3]. The first kappa shape index (κ1) is 31.6. The van der Waals surface area contributed by atoms with Crippen molar-refractivity contribution in [2.45, 2.75) is 86.6 Å². The predicted molar refractivity (Wildman–Crippen MR) is 148 cm³/mol. The number of carbonyl (C=O) groups is 1. The van der Waals surface area contributed by atoms with Crippen LogP contribution in [0.4, 0.5) is 0 Å². The van der Waals surface area contributed by atoms with Crippen LogP contribution in [0.15, 0.2) is 21.3 Å². The Morgan fingerprint density at radius 2 is 1.77 bits per heavy atom. The number of halogens is 1. The molecule has 0 saturated heterocycles. The van der Waals surface area contributed by atoms with Crippen molar-refractivity contribution in [2.24, 2.45) is 5.92 Å². The second kappa shape index (κ2) is 16.3. The Labute approximate surface area is 211 Å². The number of rotatable bonds is 16. The second-order valence-corrected chi connectivity index (χ2v) is 32.5. The molecule has 0 heterocycles. The Hall–Kier alpha value is 0.616. The van der Waals surface area contributed by atoms with E-state index >= 15 is 0 Å². The van der Waals surface area contributed by atoms with Gasteiger partial charge < -0.3 is 9.47 Å². The van der Waals surface area contributed by atoms with Gasteiger partial charge in [0.2, 0.25) is 0 Å². The standard InChI is InChI=1S/C21H38IO4Si.3CH3.Sn/c1-7-9-21(23)26-20(15-22)14-18(2)10-8-11-19(3)16-25-17-24-12-13-27(4,5)6;;;;/h9,11,18,20H,8,10,12-17H2,1-6H3;3*1H3;/b9-7?,19-11+;;;;/t18-,20?;;;;/m1..../s1. The van der Waals surface area contributed by atoms with E-state index in [0.29, 0.717) is 19.3 Å². The van der Waals surface area contributed by atoms with E-state index in [4.69, 9.17) is 14.2 Å². The zero-order chi connectivity index (χ0) is 24.1. The summed E-state index contributed by atoms with van der Waals surface area (Å²) in [6.07, 6.45) is 7.00. The van der Waals surface area contributed by atoms with Crippen molar-refractivity contribution >= 4 is 55.0 Å². The molecular weight excluding hydrogens is 626 g/mol. The number of hydrogen-bond acceptors (Lipinski definition) is 4. The molecule has 7 heteroatoms. The van der Waals surface area contributed by atoms with Gasteiger partial charge in [0.05, 0.1) is 0 Å². The maximum absolute atomic E-state index is 12.3. The molecule has 0 saturated carbocycles. The number of esters is 1. The van der Waals surface area contributed by atoms with Gasteiger partial charge in [-0.3, -0.25) is 0 Å². The molecule has 4 nitrogen and oxygen atoms in total. The number of hydrogen-bond donors (Lipinski definition) is 0. The van der Waals surface area contributed by atoms with Gasteiger partial charge in [0.25, 0.3) is 0 Å². The molecule has 0 rings (SSSR count). The van der Waals surface area contributed by atoms with E-state index in [-0.39, 0.29) is 12.1 Å². The first-order valence-electron chi connectivity index (χ1n) is 11.5. The van der Waals surface area contributed by atoms with Gasteiger partial charge in [-0.25, -0.2) is 0 Å². The summed E-state index contributed by atoms with van der Waals surface area (Å²) in [7, 11) is -1.03. The topological polar surface area (TPSA) is 44.8 Å². The molecule has 0 amide bonds. The van der Waals surface area contributed by atoms with E-state index in [1.807, 2.05) is 0 Å². The molecule has 31 heavy (non-hydrogen) atoms. The molecule has 0 aliphatic heterocycles. The zero-order valence-corrected chi connectivity index (χ0v) is 27.5. The average Bonchev–Trinajstić information content (AvgIpc) is 2.62. The van der Waals surface area contributed by atoms with Gasteiger partial charge in [-0.05, 0) is 6.04 Å². The molecule has 0 radical (unpaired) electrons. The van der Waals surface area contributed by atoms with E-state index in [9.17, 15) is 4.79 Å². The Morgan fingerprint density at radius 3 is 2.32 bits per heavy atom. The summed E-state index contributed by atoms with van der Waals surface area (Å²) in [5.41, 5.74) is 1.24. The Balaban J connectivity index is 4.18. The molecular formula is C24H47IO4SiSn. The third-order valence-corrected chi connectivity index (χ3v) is 15.1. The van der Waals surface area contributed by atoms with Crippen LogP contribution in [0.5, 0.6) is 0 Å². The Kier molecular flexibility index (Phi) is 16.6. The molecule has 0 aliphatic carbocycles. The van der Waals surface area contributed by atoms with E-state index in [0.717, 1.165) is 30.3 Å². The van der Waals surface area contributed by atoms with Crippen molar-refractivity contribution in [3.05, 3.63) is 21.3 Å². The van der Waals surface area contributed by atoms with Crippen molar-refractivity contribution in [1.82, 2.24) is 0 Å². The summed E-state index contributed by atoms with van der Waals surface area (Å²) in [4.78, 5) is 19.2. The molecule has 0 spiro atoms. The van der Waals surface area contributed by atoms with Crippen LogP contribution in [-0.2, 0) is 19.0 Å². The Morgan fingerprint density at radius 1 is 1.13 bits per heavy atom. The van der Waals surface area contributed by atoms with Crippen LogP contribution < -0.4 is 0 Å². The van der Waals surface area contributed by atoms with Gasteiger partial charge in [0.1, 0.15) is 6.79 Å². The zero-order valence-electron chi connectivity index (χ0n) is 21.5. The predicted octanol–water partition coefficient (Wildman–Crippen LogP) is 7.24. The number of ether oxygens (including phenoxy) is 3. The third kappa shape index (κ3) is 18.7. The van der Waals surface area contributed by atoms with Crippen molar-refractivity contribution in [1.29, 1.82) is 0 Å². The van der Waals surface area contributed by atoms with Gasteiger partial charge in [-0.1, -0.05) is 19.6 Å². The molecule has 0 aromatic rings. The van der Waals surface area contributed by atoms with Crippen LogP contribution in [0.25, 0.3) is 0 Å². The Bertz CT molecular complexity index is 579. The summed E-state index contributed by atoms with van der Waals surface area (Å²) < 4.78 is 19.0. The van der Waals surface area contributed by atoms with Crippen molar-refractivity contribution in [3.63, 3.8) is 0 Å². The van der Waals surface area contributed by atoms with Crippen LogP contribution in [0.2, 0.25) is 40.5 Å². The maximum atomic E-state index is 12.3. The van der Waals surface area contributed by atoms with Crippen molar-refractivity contribution in [3.8, 4) is 0 Å². The van der Waals surface area contributed by atoms with Crippen molar-refractivity contribution < 1.29 is 19.0 Å². The third-order valence-electron chi connectivity index (χ3n) is 5.28. The summed E-state index contributed by atoms with van der Waals surface area (Å²) in [5, 5.41) is 0.